The molecule has 1 heterocycles. The molecule has 0 radical (unpaired) electrons. The van der Waals surface area contributed by atoms with Crippen LogP contribution in [0.1, 0.15) is 37.8 Å². The van der Waals surface area contributed by atoms with Crippen LogP contribution in [0.5, 0.6) is 5.75 Å². The second-order valence-electron chi connectivity index (χ2n) is 9.06. The van der Waals surface area contributed by atoms with Crippen molar-refractivity contribution in [3.05, 3.63) is 77.2 Å². The summed E-state index contributed by atoms with van der Waals surface area (Å²) < 4.78 is 16.7. The van der Waals surface area contributed by atoms with Gasteiger partial charge in [0.2, 0.25) is 5.89 Å². The van der Waals surface area contributed by atoms with E-state index in [4.69, 9.17) is 13.9 Å². The van der Waals surface area contributed by atoms with E-state index in [-0.39, 0.29) is 12.0 Å². The smallest absolute Gasteiger partial charge is 0.345 e. The van der Waals surface area contributed by atoms with Gasteiger partial charge in [-0.3, -0.25) is 0 Å². The summed E-state index contributed by atoms with van der Waals surface area (Å²) in [6, 6.07) is 16.5. The number of oxazole rings is 1. The van der Waals surface area contributed by atoms with E-state index in [1.165, 1.54) is 6.08 Å². The van der Waals surface area contributed by atoms with Crippen molar-refractivity contribution in [2.75, 3.05) is 13.2 Å². The first-order chi connectivity index (χ1) is 16.1. The van der Waals surface area contributed by atoms with Crippen LogP contribution in [0.4, 0.5) is 0 Å². The van der Waals surface area contributed by atoms with Gasteiger partial charge in [0.15, 0.2) is 0 Å². The van der Waals surface area contributed by atoms with Crippen LogP contribution in [-0.2, 0) is 20.7 Å². The molecule has 0 spiro atoms. The number of carbonyl (C=O) groups is 2. The summed E-state index contributed by atoms with van der Waals surface area (Å²) in [7, 11) is 0. The van der Waals surface area contributed by atoms with Crippen molar-refractivity contribution >= 4 is 18.0 Å². The molecule has 0 unspecified atom stereocenters. The fourth-order valence-electron chi connectivity index (χ4n) is 3.02. The van der Waals surface area contributed by atoms with E-state index in [0.717, 1.165) is 17.0 Å². The second-order valence-corrected chi connectivity index (χ2v) is 9.06. The normalized spacial score (nSPS) is 11.8. The third-order valence-corrected chi connectivity index (χ3v) is 4.80. The van der Waals surface area contributed by atoms with E-state index in [2.05, 4.69) is 4.98 Å². The Morgan fingerprint density at radius 2 is 1.74 bits per heavy atom. The van der Waals surface area contributed by atoms with Gasteiger partial charge in [0.05, 0.1) is 18.9 Å². The van der Waals surface area contributed by atoms with Crippen molar-refractivity contribution in [3.8, 4) is 17.2 Å². The van der Waals surface area contributed by atoms with E-state index >= 15 is 0 Å². The van der Waals surface area contributed by atoms with Crippen molar-refractivity contribution in [2.24, 2.45) is 5.41 Å². The molecule has 0 aliphatic rings. The Labute approximate surface area is 199 Å². The average molecular weight is 464 g/mol. The van der Waals surface area contributed by atoms with E-state index < -0.39 is 17.5 Å². The lowest BCUT2D eigenvalue weighted by molar-refractivity contribution is -0.146. The van der Waals surface area contributed by atoms with Crippen LogP contribution in [0.3, 0.4) is 0 Å². The number of carbonyl (C=O) groups excluding carboxylic acids is 1. The first kappa shape index (κ1) is 24.8. The number of aromatic nitrogens is 1. The van der Waals surface area contributed by atoms with Gasteiger partial charge >= 0.3 is 11.9 Å². The Balaban J connectivity index is 1.59. The highest BCUT2D eigenvalue weighted by molar-refractivity contribution is 6.17. The number of aryl methyl sites for hydroxylation is 1. The van der Waals surface area contributed by atoms with Gasteiger partial charge in [-0.2, -0.15) is 0 Å². The molecule has 3 rings (SSSR count). The zero-order chi connectivity index (χ0) is 24.7. The summed E-state index contributed by atoms with van der Waals surface area (Å²) in [6.07, 6.45) is 1.87. The number of carboxylic acid groups (broad SMARTS) is 1. The summed E-state index contributed by atoms with van der Waals surface area (Å²) in [5, 5.41) is 9.40. The fraction of sp³-hybridized carbons (Fsp3) is 0.296. The van der Waals surface area contributed by atoms with Gasteiger partial charge in [-0.05, 0) is 48.2 Å². The highest BCUT2D eigenvalue weighted by Gasteiger charge is 2.22. The molecule has 0 amide bonds. The fourth-order valence-corrected chi connectivity index (χ4v) is 3.02. The van der Waals surface area contributed by atoms with E-state index in [1.807, 2.05) is 58.0 Å². The zero-order valence-electron chi connectivity index (χ0n) is 19.8. The van der Waals surface area contributed by atoms with Gasteiger partial charge in [0, 0.05) is 12.0 Å². The summed E-state index contributed by atoms with van der Waals surface area (Å²) in [5.74, 6) is -0.242. The predicted octanol–water partition coefficient (Wildman–Crippen LogP) is 5.33. The Morgan fingerprint density at radius 3 is 2.35 bits per heavy atom. The Morgan fingerprint density at radius 1 is 1.06 bits per heavy atom. The lowest BCUT2D eigenvalue weighted by Gasteiger charge is -2.17. The standard InChI is InChI=1S/C27H29NO6/c1-18-23(28-24(34-18)20-8-6-5-7-9-20)14-15-32-21-12-10-19(11-13-21)16-22(25(29)30)26(31)33-17-27(2,3)4/h5-13,16H,14-15,17H2,1-4H3,(H,29,30). The molecule has 178 valence electrons. The van der Waals surface area contributed by atoms with Gasteiger partial charge in [0.1, 0.15) is 17.1 Å². The number of carboxylic acids is 1. The molecule has 0 atom stereocenters. The lowest BCUT2D eigenvalue weighted by atomic mass is 9.99. The molecule has 7 nitrogen and oxygen atoms in total. The summed E-state index contributed by atoms with van der Waals surface area (Å²) in [5.41, 5.74) is 1.62. The Hall–Kier alpha value is -3.87. The van der Waals surface area contributed by atoms with Crippen molar-refractivity contribution in [2.45, 2.75) is 34.1 Å². The summed E-state index contributed by atoms with van der Waals surface area (Å²) in [6.45, 7) is 8.10. The second kappa shape index (κ2) is 10.8. The van der Waals surface area contributed by atoms with Crippen LogP contribution in [0, 0.1) is 12.3 Å². The monoisotopic (exact) mass is 463 g/mol. The summed E-state index contributed by atoms with van der Waals surface area (Å²) in [4.78, 5) is 28.3. The quantitative estimate of drug-likeness (QED) is 0.198. The molecule has 34 heavy (non-hydrogen) atoms. The molecular formula is C27H29NO6. The van der Waals surface area contributed by atoms with Crippen molar-refractivity contribution < 1.29 is 28.6 Å². The third kappa shape index (κ3) is 7.07. The minimum Gasteiger partial charge on any atom is -0.493 e. The van der Waals surface area contributed by atoms with Crippen LogP contribution < -0.4 is 4.74 Å². The zero-order valence-corrected chi connectivity index (χ0v) is 19.8. The molecule has 3 aromatic rings. The first-order valence-corrected chi connectivity index (χ1v) is 11.0. The number of esters is 1. The first-order valence-electron chi connectivity index (χ1n) is 11.0. The topological polar surface area (TPSA) is 98.9 Å². The molecule has 1 aromatic heterocycles. The maximum atomic E-state index is 12.2. The molecule has 0 fully saturated rings. The van der Waals surface area contributed by atoms with Gasteiger partial charge in [-0.15, -0.1) is 0 Å². The van der Waals surface area contributed by atoms with E-state index in [9.17, 15) is 14.7 Å². The van der Waals surface area contributed by atoms with E-state index in [1.54, 1.807) is 24.3 Å². The molecule has 0 aliphatic carbocycles. The molecule has 0 bridgehead atoms. The highest BCUT2D eigenvalue weighted by Crippen LogP contribution is 2.22. The van der Waals surface area contributed by atoms with Crippen molar-refractivity contribution in [1.29, 1.82) is 0 Å². The lowest BCUT2D eigenvalue weighted by Crippen LogP contribution is -2.22. The van der Waals surface area contributed by atoms with Gasteiger partial charge < -0.3 is 19.0 Å². The number of ether oxygens (including phenoxy) is 2. The summed E-state index contributed by atoms with van der Waals surface area (Å²) >= 11 is 0. The van der Waals surface area contributed by atoms with E-state index in [0.29, 0.717) is 30.2 Å². The minimum atomic E-state index is -1.34. The number of benzene rings is 2. The van der Waals surface area contributed by atoms with Crippen LogP contribution in [0.25, 0.3) is 17.5 Å². The molecule has 2 aromatic carbocycles. The maximum absolute atomic E-state index is 12.2. The molecule has 1 N–H and O–H groups in total. The van der Waals surface area contributed by atoms with Crippen LogP contribution >= 0.6 is 0 Å². The largest absolute Gasteiger partial charge is 0.493 e. The number of aliphatic carboxylic acids is 1. The minimum absolute atomic E-state index is 0.126. The number of hydrogen-bond acceptors (Lipinski definition) is 6. The van der Waals surface area contributed by atoms with Crippen molar-refractivity contribution in [1.82, 2.24) is 4.98 Å². The van der Waals surface area contributed by atoms with Crippen LogP contribution in [0.15, 0.2) is 64.6 Å². The third-order valence-electron chi connectivity index (χ3n) is 4.80. The molecular weight excluding hydrogens is 434 g/mol. The number of rotatable bonds is 9. The van der Waals surface area contributed by atoms with Gasteiger partial charge in [-0.1, -0.05) is 51.1 Å². The predicted molar refractivity (Wildman–Crippen MR) is 128 cm³/mol. The Kier molecular flexibility index (Phi) is 7.89. The molecule has 0 saturated heterocycles. The van der Waals surface area contributed by atoms with Crippen molar-refractivity contribution in [3.63, 3.8) is 0 Å². The van der Waals surface area contributed by atoms with Crippen LogP contribution in [0.2, 0.25) is 0 Å². The maximum Gasteiger partial charge on any atom is 0.345 e. The van der Waals surface area contributed by atoms with Gasteiger partial charge in [-0.25, -0.2) is 14.6 Å². The van der Waals surface area contributed by atoms with Gasteiger partial charge in [0.25, 0.3) is 0 Å². The average Bonchev–Trinajstić information content (AvgIpc) is 3.17. The molecule has 0 aliphatic heterocycles. The van der Waals surface area contributed by atoms with Crippen LogP contribution in [-0.4, -0.2) is 35.2 Å². The highest BCUT2D eigenvalue weighted by atomic mass is 16.5. The Bertz CT molecular complexity index is 1150. The number of nitrogens with zero attached hydrogens (tertiary/aromatic N) is 1. The number of hydrogen-bond donors (Lipinski definition) is 1. The molecule has 0 saturated carbocycles. The molecule has 7 heteroatoms. The SMILES string of the molecule is Cc1oc(-c2ccccc2)nc1CCOc1ccc(C=C(C(=O)O)C(=O)OCC(C)(C)C)cc1.